The highest BCUT2D eigenvalue weighted by Gasteiger charge is 2.11. The topological polar surface area (TPSA) is 94.9 Å². The minimum atomic E-state index is -0.629. The predicted molar refractivity (Wildman–Crippen MR) is 58.5 cm³/mol. The molecule has 1 aromatic heterocycles. The quantitative estimate of drug-likeness (QED) is 0.467. The molecule has 2 rings (SSSR count). The highest BCUT2D eigenvalue weighted by atomic mass is 16.6. The largest absolute Gasteiger partial charge is 0.469 e. The average Bonchev–Trinajstić information content (AvgIpc) is 2.29. The third-order valence-corrected chi connectivity index (χ3v) is 1.99. The van der Waals surface area contributed by atoms with Crippen molar-refractivity contribution in [2.45, 2.75) is 0 Å². The summed E-state index contributed by atoms with van der Waals surface area (Å²) in [6.45, 7) is 0. The fourth-order valence-electron chi connectivity index (χ4n) is 1.30. The molecule has 0 aliphatic heterocycles. The van der Waals surface area contributed by atoms with Gasteiger partial charge in [-0.3, -0.25) is 0 Å². The number of rotatable bonds is 2. The van der Waals surface area contributed by atoms with E-state index in [4.69, 9.17) is 5.73 Å². The van der Waals surface area contributed by atoms with Crippen molar-refractivity contribution in [1.82, 2.24) is 9.97 Å². The number of aromatic nitrogens is 2. The Morgan fingerprint density at radius 1 is 1.31 bits per heavy atom. The van der Waals surface area contributed by atoms with Gasteiger partial charge in [-0.25, -0.2) is 0 Å². The Morgan fingerprint density at radius 3 is 2.81 bits per heavy atom. The summed E-state index contributed by atoms with van der Waals surface area (Å²) in [5, 5.41) is 10.5. The molecular weight excluding hydrogens is 208 g/mol. The Balaban J connectivity index is 2.48. The smallest absolute Gasteiger partial charge is 0.399 e. The van der Waals surface area contributed by atoms with E-state index in [0.717, 1.165) is 5.56 Å². The number of nitrogens with zero attached hydrogens (tertiary/aromatic N) is 3. The van der Waals surface area contributed by atoms with Gasteiger partial charge in [-0.15, -0.1) is 0 Å². The van der Waals surface area contributed by atoms with Crippen molar-refractivity contribution in [1.29, 1.82) is 0 Å². The van der Waals surface area contributed by atoms with Gasteiger partial charge in [0.25, 0.3) is 0 Å². The first-order valence-corrected chi connectivity index (χ1v) is 4.50. The summed E-state index contributed by atoms with van der Waals surface area (Å²) in [6, 6.07) is 8.58. The molecule has 80 valence electrons. The summed E-state index contributed by atoms with van der Waals surface area (Å²) < 4.78 is 0. The van der Waals surface area contributed by atoms with Crippen molar-refractivity contribution < 1.29 is 4.92 Å². The monoisotopic (exact) mass is 216 g/mol. The van der Waals surface area contributed by atoms with E-state index in [1.807, 2.05) is 0 Å². The van der Waals surface area contributed by atoms with E-state index in [-0.39, 0.29) is 0 Å². The zero-order valence-corrected chi connectivity index (χ0v) is 8.20. The molecule has 0 amide bonds. The molecule has 1 heterocycles. The van der Waals surface area contributed by atoms with Gasteiger partial charge in [0.2, 0.25) is 0 Å². The lowest BCUT2D eigenvalue weighted by Crippen LogP contribution is -1.96. The van der Waals surface area contributed by atoms with E-state index in [9.17, 15) is 10.1 Å². The van der Waals surface area contributed by atoms with Gasteiger partial charge >= 0.3 is 5.95 Å². The molecule has 1 aromatic carbocycles. The number of nitrogens with two attached hydrogens (primary N) is 1. The van der Waals surface area contributed by atoms with Gasteiger partial charge in [-0.2, -0.15) is 0 Å². The van der Waals surface area contributed by atoms with Crippen LogP contribution < -0.4 is 5.73 Å². The summed E-state index contributed by atoms with van der Waals surface area (Å²) in [4.78, 5) is 17.2. The van der Waals surface area contributed by atoms with Gasteiger partial charge in [0.05, 0.1) is 0 Å². The van der Waals surface area contributed by atoms with Crippen molar-refractivity contribution in [3.05, 3.63) is 46.6 Å². The molecular formula is C10H8N4O2. The number of nitro groups is 1. The van der Waals surface area contributed by atoms with Crippen molar-refractivity contribution in [2.75, 3.05) is 5.73 Å². The van der Waals surface area contributed by atoms with Crippen molar-refractivity contribution in [3.63, 3.8) is 0 Å². The molecule has 0 bridgehead atoms. The predicted octanol–water partition coefficient (Wildman–Crippen LogP) is 1.63. The fourth-order valence-corrected chi connectivity index (χ4v) is 1.30. The first-order chi connectivity index (χ1) is 7.66. The van der Waals surface area contributed by atoms with Gasteiger partial charge in [-0.05, 0) is 17.1 Å². The molecule has 16 heavy (non-hydrogen) atoms. The molecule has 0 saturated heterocycles. The Morgan fingerprint density at radius 2 is 2.12 bits per heavy atom. The first-order valence-electron chi connectivity index (χ1n) is 4.50. The molecule has 0 radical (unpaired) electrons. The third-order valence-electron chi connectivity index (χ3n) is 1.99. The molecule has 6 heteroatoms. The molecule has 0 fully saturated rings. The van der Waals surface area contributed by atoms with E-state index in [1.54, 1.807) is 30.3 Å². The minimum absolute atomic E-state index is 0.417. The number of hydrogen-bond donors (Lipinski definition) is 1. The molecule has 0 spiro atoms. The number of hydrogen-bond acceptors (Lipinski definition) is 5. The first kappa shape index (κ1) is 10.0. The van der Waals surface area contributed by atoms with E-state index in [0.29, 0.717) is 11.4 Å². The van der Waals surface area contributed by atoms with Crippen LogP contribution >= 0.6 is 0 Å². The lowest BCUT2D eigenvalue weighted by molar-refractivity contribution is -0.394. The highest BCUT2D eigenvalue weighted by Crippen LogP contribution is 2.20. The second kappa shape index (κ2) is 3.93. The second-order valence-corrected chi connectivity index (χ2v) is 3.12. The summed E-state index contributed by atoms with van der Waals surface area (Å²) in [7, 11) is 0. The normalized spacial score (nSPS) is 10.0. The number of anilines is 1. The van der Waals surface area contributed by atoms with Gasteiger partial charge in [-0.1, -0.05) is 22.1 Å². The molecule has 0 unspecified atom stereocenters. The lowest BCUT2D eigenvalue weighted by Gasteiger charge is -1.98. The maximum absolute atomic E-state index is 10.5. The second-order valence-electron chi connectivity index (χ2n) is 3.12. The molecule has 2 N–H and O–H groups in total. The van der Waals surface area contributed by atoms with Gasteiger partial charge < -0.3 is 15.8 Å². The summed E-state index contributed by atoms with van der Waals surface area (Å²) in [5.41, 5.74) is 7.41. The van der Waals surface area contributed by atoms with Gasteiger partial charge in [0.15, 0.2) is 5.69 Å². The van der Waals surface area contributed by atoms with Crippen LogP contribution in [0.15, 0.2) is 36.5 Å². The van der Waals surface area contributed by atoms with Crippen LogP contribution in [0.1, 0.15) is 0 Å². The van der Waals surface area contributed by atoms with Crippen LogP contribution in [0.3, 0.4) is 0 Å². The van der Waals surface area contributed by atoms with Crippen LogP contribution in [-0.4, -0.2) is 14.9 Å². The summed E-state index contributed by atoms with van der Waals surface area (Å²) in [6.07, 6.45) is 1.35. The van der Waals surface area contributed by atoms with E-state index in [1.165, 1.54) is 6.20 Å². The van der Waals surface area contributed by atoms with Gasteiger partial charge in [0.1, 0.15) is 6.20 Å². The van der Waals surface area contributed by atoms with Crippen LogP contribution in [0.2, 0.25) is 0 Å². The van der Waals surface area contributed by atoms with E-state index in [2.05, 4.69) is 9.97 Å². The maximum atomic E-state index is 10.5. The van der Waals surface area contributed by atoms with Crippen molar-refractivity contribution in [2.24, 2.45) is 0 Å². The van der Waals surface area contributed by atoms with Crippen LogP contribution in [0.4, 0.5) is 11.6 Å². The van der Waals surface area contributed by atoms with Crippen LogP contribution in [0.5, 0.6) is 0 Å². The maximum Gasteiger partial charge on any atom is 0.469 e. The molecule has 0 aliphatic rings. The standard InChI is InChI=1S/C10H8N4O2/c11-8-3-1-2-7(6-8)9-4-5-12-10(13-9)14(15)16/h1-6H,11H2. The Bertz CT molecular complexity index is 542. The van der Waals surface area contributed by atoms with Crippen LogP contribution in [0.25, 0.3) is 11.3 Å². The van der Waals surface area contributed by atoms with Crippen molar-refractivity contribution >= 4 is 11.6 Å². The average molecular weight is 216 g/mol. The van der Waals surface area contributed by atoms with Crippen molar-refractivity contribution in [3.8, 4) is 11.3 Å². The van der Waals surface area contributed by atoms with E-state index < -0.39 is 10.9 Å². The molecule has 0 atom stereocenters. The number of benzene rings is 1. The number of nitrogen functional groups attached to an aromatic ring is 1. The molecule has 6 nitrogen and oxygen atoms in total. The summed E-state index contributed by atoms with van der Waals surface area (Å²) >= 11 is 0. The Hall–Kier alpha value is -2.50. The Labute approximate surface area is 90.9 Å². The fraction of sp³-hybridized carbons (Fsp3) is 0. The molecule has 0 aliphatic carbocycles. The SMILES string of the molecule is Nc1cccc(-c2ccnc([N+](=O)[O-])n2)c1. The zero-order chi connectivity index (χ0) is 11.5. The zero-order valence-electron chi connectivity index (χ0n) is 8.20. The van der Waals surface area contributed by atoms with Gasteiger partial charge in [0, 0.05) is 17.3 Å². The Kier molecular flexibility index (Phi) is 2.47. The summed E-state index contributed by atoms with van der Waals surface area (Å²) in [5.74, 6) is -0.417. The van der Waals surface area contributed by atoms with E-state index >= 15 is 0 Å². The molecule has 2 aromatic rings. The lowest BCUT2D eigenvalue weighted by atomic mass is 10.1. The third kappa shape index (κ3) is 1.95. The minimum Gasteiger partial charge on any atom is -0.399 e. The highest BCUT2D eigenvalue weighted by molar-refractivity contribution is 5.63. The van der Waals surface area contributed by atoms with Crippen LogP contribution in [0, 0.1) is 10.1 Å². The van der Waals surface area contributed by atoms with Crippen LogP contribution in [-0.2, 0) is 0 Å². The molecule has 0 saturated carbocycles.